The molecule has 2 heterocycles. The monoisotopic (exact) mass is 298 g/mol. The lowest BCUT2D eigenvalue weighted by Crippen LogP contribution is -2.35. The maximum Gasteiger partial charge on any atom is 0.255 e. The summed E-state index contributed by atoms with van der Waals surface area (Å²) in [6.45, 7) is 6.14. The van der Waals surface area contributed by atoms with Crippen molar-refractivity contribution in [1.82, 2.24) is 9.47 Å². The Labute approximate surface area is 111 Å². The highest BCUT2D eigenvalue weighted by molar-refractivity contribution is 9.08. The van der Waals surface area contributed by atoms with Crippen LogP contribution in [0.2, 0.25) is 0 Å². The van der Waals surface area contributed by atoms with E-state index in [0.29, 0.717) is 5.33 Å². The fourth-order valence-electron chi connectivity index (χ4n) is 2.51. The van der Waals surface area contributed by atoms with E-state index in [2.05, 4.69) is 47.8 Å². The van der Waals surface area contributed by atoms with E-state index in [0.717, 1.165) is 25.1 Å². The van der Waals surface area contributed by atoms with Crippen LogP contribution >= 0.6 is 15.9 Å². The highest BCUT2D eigenvalue weighted by atomic mass is 79.9. The molecular weight excluding hydrogens is 280 g/mol. The first-order chi connectivity index (χ1) is 8.04. The topological polar surface area (TPSA) is 25.2 Å². The molecule has 0 saturated heterocycles. The smallest absolute Gasteiger partial charge is 0.255 e. The first-order valence-corrected chi connectivity index (χ1v) is 7.17. The fourth-order valence-corrected chi connectivity index (χ4v) is 2.92. The van der Waals surface area contributed by atoms with Gasteiger partial charge in [0.15, 0.2) is 0 Å². The molecule has 94 valence electrons. The lowest BCUT2D eigenvalue weighted by Gasteiger charge is -2.29. The standard InChI is InChI=1S/C13H19BrN2O/c1-9(2)16-12-4-5-15(3)8-11(12)6-10(7-14)13(16)17/h6,9H,4-5,7-8H2,1-3H3. The molecule has 0 amide bonds. The predicted octanol–water partition coefficient (Wildman–Crippen LogP) is 2.31. The molecule has 0 radical (unpaired) electrons. The Morgan fingerprint density at radius 1 is 1.47 bits per heavy atom. The van der Waals surface area contributed by atoms with E-state index in [9.17, 15) is 4.79 Å². The van der Waals surface area contributed by atoms with E-state index in [4.69, 9.17) is 0 Å². The number of halogens is 1. The summed E-state index contributed by atoms with van der Waals surface area (Å²) in [6, 6.07) is 2.31. The molecular formula is C13H19BrN2O. The molecule has 0 fully saturated rings. The van der Waals surface area contributed by atoms with E-state index < -0.39 is 0 Å². The normalized spacial score (nSPS) is 16.3. The maximum absolute atomic E-state index is 12.3. The maximum atomic E-state index is 12.3. The number of hydrogen-bond donors (Lipinski definition) is 0. The third-order valence-electron chi connectivity index (χ3n) is 3.33. The lowest BCUT2D eigenvalue weighted by molar-refractivity contribution is 0.301. The van der Waals surface area contributed by atoms with Gasteiger partial charge in [0.25, 0.3) is 5.56 Å². The van der Waals surface area contributed by atoms with Crippen LogP contribution in [0.1, 0.15) is 36.7 Å². The van der Waals surface area contributed by atoms with Gasteiger partial charge in [0, 0.05) is 42.1 Å². The molecule has 3 nitrogen and oxygen atoms in total. The summed E-state index contributed by atoms with van der Waals surface area (Å²) < 4.78 is 1.97. The molecule has 0 atom stereocenters. The second kappa shape index (κ2) is 4.94. The van der Waals surface area contributed by atoms with Crippen LogP contribution < -0.4 is 5.56 Å². The van der Waals surface area contributed by atoms with E-state index in [1.54, 1.807) is 0 Å². The third-order valence-corrected chi connectivity index (χ3v) is 3.94. The van der Waals surface area contributed by atoms with E-state index in [1.165, 1.54) is 11.3 Å². The van der Waals surface area contributed by atoms with Gasteiger partial charge in [-0.15, -0.1) is 0 Å². The lowest BCUT2D eigenvalue weighted by atomic mass is 10.0. The summed E-state index contributed by atoms with van der Waals surface area (Å²) in [5.74, 6) is 0. The van der Waals surface area contributed by atoms with Crippen molar-refractivity contribution >= 4 is 15.9 Å². The fraction of sp³-hybridized carbons (Fsp3) is 0.615. The molecule has 1 aliphatic rings. The van der Waals surface area contributed by atoms with Gasteiger partial charge in [0.1, 0.15) is 0 Å². The minimum absolute atomic E-state index is 0.167. The van der Waals surface area contributed by atoms with Crippen molar-refractivity contribution in [3.63, 3.8) is 0 Å². The van der Waals surface area contributed by atoms with Crippen molar-refractivity contribution < 1.29 is 0 Å². The predicted molar refractivity (Wildman–Crippen MR) is 73.8 cm³/mol. The van der Waals surface area contributed by atoms with Crippen molar-refractivity contribution in [3.8, 4) is 0 Å². The minimum atomic E-state index is 0.167. The highest BCUT2D eigenvalue weighted by Gasteiger charge is 2.20. The van der Waals surface area contributed by atoms with E-state index in [1.807, 2.05) is 4.57 Å². The van der Waals surface area contributed by atoms with Crippen LogP contribution in [-0.4, -0.2) is 23.1 Å². The van der Waals surface area contributed by atoms with E-state index >= 15 is 0 Å². The molecule has 0 spiro atoms. The summed E-state index contributed by atoms with van der Waals surface area (Å²) >= 11 is 3.41. The van der Waals surface area contributed by atoms with Crippen molar-refractivity contribution in [2.75, 3.05) is 13.6 Å². The van der Waals surface area contributed by atoms with Crippen LogP contribution in [0.15, 0.2) is 10.9 Å². The van der Waals surface area contributed by atoms with Crippen LogP contribution in [-0.2, 0) is 18.3 Å². The zero-order valence-corrected chi connectivity index (χ0v) is 12.2. The van der Waals surface area contributed by atoms with Crippen molar-refractivity contribution in [2.45, 2.75) is 38.2 Å². The Kier molecular flexibility index (Phi) is 3.73. The SMILES string of the molecule is CC(C)n1c2c(cc(CBr)c1=O)CN(C)CC2. The number of alkyl halides is 1. The number of aromatic nitrogens is 1. The Balaban J connectivity index is 2.64. The van der Waals surface area contributed by atoms with Crippen molar-refractivity contribution in [1.29, 1.82) is 0 Å². The van der Waals surface area contributed by atoms with Gasteiger partial charge in [-0.05, 0) is 32.5 Å². The molecule has 0 aromatic carbocycles. The van der Waals surface area contributed by atoms with Gasteiger partial charge in [0.05, 0.1) is 0 Å². The molecule has 0 saturated carbocycles. The quantitative estimate of drug-likeness (QED) is 0.783. The van der Waals surface area contributed by atoms with Gasteiger partial charge in [-0.3, -0.25) is 4.79 Å². The van der Waals surface area contributed by atoms with Crippen LogP contribution in [0.25, 0.3) is 0 Å². The second-order valence-electron chi connectivity index (χ2n) is 5.03. The summed E-state index contributed by atoms with van der Waals surface area (Å²) in [5, 5.41) is 0.634. The summed E-state index contributed by atoms with van der Waals surface area (Å²) in [7, 11) is 2.13. The molecule has 0 bridgehead atoms. The molecule has 1 aromatic heterocycles. The zero-order valence-electron chi connectivity index (χ0n) is 10.7. The summed E-state index contributed by atoms with van der Waals surface area (Å²) in [5.41, 5.74) is 3.57. The molecule has 1 aromatic rings. The Morgan fingerprint density at radius 3 is 2.76 bits per heavy atom. The molecule has 4 heteroatoms. The van der Waals surface area contributed by atoms with Gasteiger partial charge in [-0.1, -0.05) is 15.9 Å². The average molecular weight is 299 g/mol. The number of nitrogens with zero attached hydrogens (tertiary/aromatic N) is 2. The Bertz CT molecular complexity index is 479. The molecule has 17 heavy (non-hydrogen) atoms. The number of hydrogen-bond acceptors (Lipinski definition) is 2. The van der Waals surface area contributed by atoms with Gasteiger partial charge in [0.2, 0.25) is 0 Å². The molecule has 1 aliphatic heterocycles. The first kappa shape index (κ1) is 12.8. The highest BCUT2D eigenvalue weighted by Crippen LogP contribution is 2.21. The molecule has 0 aliphatic carbocycles. The number of likely N-dealkylation sites (N-methyl/N-ethyl adjacent to an activating group) is 1. The summed E-state index contributed by atoms with van der Waals surface area (Å²) in [4.78, 5) is 14.6. The average Bonchev–Trinajstić information content (AvgIpc) is 2.28. The van der Waals surface area contributed by atoms with Gasteiger partial charge in [-0.2, -0.15) is 0 Å². The summed E-state index contributed by atoms with van der Waals surface area (Å²) in [6.07, 6.45) is 0.974. The molecule has 0 unspecified atom stereocenters. The Morgan fingerprint density at radius 2 is 2.18 bits per heavy atom. The van der Waals surface area contributed by atoms with Crippen LogP contribution in [0.5, 0.6) is 0 Å². The molecule has 2 rings (SSSR count). The van der Waals surface area contributed by atoms with Crippen molar-refractivity contribution in [3.05, 3.63) is 33.2 Å². The van der Waals surface area contributed by atoms with Gasteiger partial charge < -0.3 is 9.47 Å². The second-order valence-corrected chi connectivity index (χ2v) is 5.59. The van der Waals surface area contributed by atoms with Crippen LogP contribution in [0.3, 0.4) is 0 Å². The van der Waals surface area contributed by atoms with E-state index in [-0.39, 0.29) is 11.6 Å². The first-order valence-electron chi connectivity index (χ1n) is 6.05. The minimum Gasteiger partial charge on any atom is -0.310 e. The van der Waals surface area contributed by atoms with Crippen LogP contribution in [0, 0.1) is 0 Å². The van der Waals surface area contributed by atoms with Gasteiger partial charge >= 0.3 is 0 Å². The Hall–Kier alpha value is -0.610. The van der Waals surface area contributed by atoms with Gasteiger partial charge in [-0.25, -0.2) is 0 Å². The zero-order chi connectivity index (χ0) is 12.6. The third kappa shape index (κ3) is 2.33. The van der Waals surface area contributed by atoms with Crippen LogP contribution in [0.4, 0.5) is 0 Å². The largest absolute Gasteiger partial charge is 0.310 e. The number of rotatable bonds is 2. The van der Waals surface area contributed by atoms with Crippen molar-refractivity contribution in [2.24, 2.45) is 0 Å². The molecule has 0 N–H and O–H groups in total. The number of pyridine rings is 1. The number of fused-ring (bicyclic) bond motifs is 1.